The number of nitrogens with one attached hydrogen (secondary N) is 1. The number of nitrogens with zero attached hydrogens (tertiary/aromatic N) is 5. The molecule has 0 amide bonds. The van der Waals surface area contributed by atoms with Crippen LogP contribution in [0.1, 0.15) is 60.4 Å². The molecule has 5 heterocycles. The van der Waals surface area contributed by atoms with Crippen LogP contribution >= 0.6 is 11.3 Å². The number of fused-ring (bicyclic) bond motifs is 3. The van der Waals surface area contributed by atoms with Gasteiger partial charge in [0.2, 0.25) is 0 Å². The average Bonchev–Trinajstić information content (AvgIpc) is 3.06. The summed E-state index contributed by atoms with van der Waals surface area (Å²) in [5.74, 6) is 3.02. The lowest BCUT2D eigenvalue weighted by atomic mass is 9.97. The normalized spacial score (nSPS) is 19.5. The Balaban J connectivity index is 1.23. The largest absolute Gasteiger partial charge is 0.379 e. The van der Waals surface area contributed by atoms with Gasteiger partial charge in [-0.3, -0.25) is 4.90 Å². The lowest BCUT2D eigenvalue weighted by Gasteiger charge is -2.26. The van der Waals surface area contributed by atoms with Gasteiger partial charge >= 0.3 is 0 Å². The molecule has 0 atom stereocenters. The zero-order valence-corrected chi connectivity index (χ0v) is 21.4. The van der Waals surface area contributed by atoms with Crippen LogP contribution in [0.3, 0.4) is 0 Å². The SMILES string of the molecule is c1cc(N2CCCCCC2)ncc1CNc1nc(CN2CCOCC2)nc2sc3c(c12)CCCC3. The molecule has 0 saturated carbocycles. The van der Waals surface area contributed by atoms with Crippen molar-refractivity contribution in [2.75, 3.05) is 49.6 Å². The van der Waals surface area contributed by atoms with E-state index in [4.69, 9.17) is 19.7 Å². The van der Waals surface area contributed by atoms with E-state index in [2.05, 4.69) is 27.2 Å². The topological polar surface area (TPSA) is 66.4 Å². The van der Waals surface area contributed by atoms with Gasteiger partial charge in [0.05, 0.1) is 25.1 Å². The summed E-state index contributed by atoms with van der Waals surface area (Å²) in [5.41, 5.74) is 2.67. The van der Waals surface area contributed by atoms with Gasteiger partial charge < -0.3 is 15.0 Å². The van der Waals surface area contributed by atoms with Gasteiger partial charge in [-0.2, -0.15) is 0 Å². The third-order valence-electron chi connectivity index (χ3n) is 7.53. The predicted molar refractivity (Wildman–Crippen MR) is 142 cm³/mol. The van der Waals surface area contributed by atoms with E-state index in [1.165, 1.54) is 66.3 Å². The molecule has 0 aromatic carbocycles. The summed E-state index contributed by atoms with van der Waals surface area (Å²) < 4.78 is 5.53. The van der Waals surface area contributed by atoms with E-state index >= 15 is 0 Å². The van der Waals surface area contributed by atoms with Crippen molar-refractivity contribution in [3.63, 3.8) is 0 Å². The highest BCUT2D eigenvalue weighted by Gasteiger charge is 2.22. The Morgan fingerprint density at radius 2 is 1.74 bits per heavy atom. The first-order valence-corrected chi connectivity index (χ1v) is 14.2. The maximum absolute atomic E-state index is 5.53. The number of anilines is 2. The maximum atomic E-state index is 5.53. The van der Waals surface area contributed by atoms with Crippen LogP contribution in [0, 0.1) is 0 Å². The number of hydrogen-bond acceptors (Lipinski definition) is 8. The Morgan fingerprint density at radius 1 is 0.914 bits per heavy atom. The van der Waals surface area contributed by atoms with Crippen molar-refractivity contribution in [1.29, 1.82) is 0 Å². The number of pyridine rings is 1. The molecule has 2 saturated heterocycles. The fourth-order valence-corrected chi connectivity index (χ4v) is 6.83. The molecule has 2 fully saturated rings. The number of ether oxygens (including phenoxy) is 1. The zero-order valence-electron chi connectivity index (χ0n) is 20.6. The second kappa shape index (κ2) is 10.8. The quantitative estimate of drug-likeness (QED) is 0.531. The Morgan fingerprint density at radius 3 is 2.54 bits per heavy atom. The Kier molecular flexibility index (Phi) is 7.11. The molecule has 1 N–H and O–H groups in total. The number of rotatable bonds is 6. The van der Waals surface area contributed by atoms with Crippen LogP contribution in [-0.4, -0.2) is 59.2 Å². The molecule has 3 aromatic rings. The fraction of sp³-hybridized carbons (Fsp3) is 0.593. The van der Waals surface area contributed by atoms with Gasteiger partial charge in [-0.1, -0.05) is 18.9 Å². The lowest BCUT2D eigenvalue weighted by Crippen LogP contribution is -2.36. The molecular weight excluding hydrogens is 456 g/mol. The molecule has 1 aliphatic carbocycles. The molecule has 7 nitrogen and oxygen atoms in total. The molecular formula is C27H36N6OS. The van der Waals surface area contributed by atoms with Crippen LogP contribution in [0.15, 0.2) is 18.3 Å². The predicted octanol–water partition coefficient (Wildman–Crippen LogP) is 4.79. The Bertz CT molecular complexity index is 1130. The van der Waals surface area contributed by atoms with Crippen molar-refractivity contribution in [1.82, 2.24) is 19.9 Å². The van der Waals surface area contributed by atoms with Gasteiger partial charge in [-0.05, 0) is 55.7 Å². The van der Waals surface area contributed by atoms with Crippen molar-refractivity contribution in [2.45, 2.75) is 64.5 Å². The number of aryl methyl sites for hydroxylation is 2. The number of morpholine rings is 1. The standard InChI is InChI=1S/C27H36N6OS/c1-2-6-12-33(11-5-1)24-10-9-20(17-28-24)18-29-26-25-21-7-3-4-8-22(21)35-27(25)31-23(30-26)19-32-13-15-34-16-14-32/h9-10,17H,1-8,11-16,18-19H2,(H,29,30,31). The Labute approximate surface area is 211 Å². The van der Waals surface area contributed by atoms with Crippen LogP contribution < -0.4 is 10.2 Å². The molecule has 6 rings (SSSR count). The maximum Gasteiger partial charge on any atom is 0.146 e. The lowest BCUT2D eigenvalue weighted by molar-refractivity contribution is 0.0331. The molecule has 0 radical (unpaired) electrons. The summed E-state index contributed by atoms with van der Waals surface area (Å²) in [6.07, 6.45) is 12.1. The molecule has 0 spiro atoms. The fourth-order valence-electron chi connectivity index (χ4n) is 5.55. The van der Waals surface area contributed by atoms with Gasteiger partial charge in [0.25, 0.3) is 0 Å². The molecule has 0 bridgehead atoms. The number of aromatic nitrogens is 3. The third-order valence-corrected chi connectivity index (χ3v) is 8.71. The van der Waals surface area contributed by atoms with Crippen LogP contribution in [0.5, 0.6) is 0 Å². The summed E-state index contributed by atoms with van der Waals surface area (Å²) >= 11 is 1.88. The Hall–Kier alpha value is -2.29. The van der Waals surface area contributed by atoms with Gasteiger partial charge in [0.15, 0.2) is 0 Å². The van der Waals surface area contributed by atoms with Crippen LogP contribution in [-0.2, 0) is 30.7 Å². The van der Waals surface area contributed by atoms with Gasteiger partial charge in [-0.25, -0.2) is 15.0 Å². The summed E-state index contributed by atoms with van der Waals surface area (Å²) in [5, 5.41) is 4.94. The molecule has 3 aromatic heterocycles. The first-order chi connectivity index (χ1) is 17.3. The highest BCUT2D eigenvalue weighted by Crippen LogP contribution is 2.39. The van der Waals surface area contributed by atoms with Gasteiger partial charge in [-0.15, -0.1) is 11.3 Å². The minimum Gasteiger partial charge on any atom is -0.379 e. The number of thiophene rings is 1. The van der Waals surface area contributed by atoms with Crippen LogP contribution in [0.4, 0.5) is 11.6 Å². The minimum absolute atomic E-state index is 0.723. The van der Waals surface area contributed by atoms with E-state index in [0.717, 1.165) is 81.2 Å². The van der Waals surface area contributed by atoms with Gasteiger partial charge in [0, 0.05) is 43.8 Å². The molecule has 2 aliphatic heterocycles. The van der Waals surface area contributed by atoms with Crippen molar-refractivity contribution in [3.8, 4) is 0 Å². The molecule has 35 heavy (non-hydrogen) atoms. The average molecular weight is 493 g/mol. The minimum atomic E-state index is 0.723. The highest BCUT2D eigenvalue weighted by atomic mass is 32.1. The van der Waals surface area contributed by atoms with Crippen molar-refractivity contribution in [3.05, 3.63) is 40.2 Å². The molecule has 186 valence electrons. The summed E-state index contributed by atoms with van der Waals surface area (Å²) in [6.45, 7) is 7.23. The van der Waals surface area contributed by atoms with E-state index in [1.807, 2.05) is 17.5 Å². The molecule has 0 unspecified atom stereocenters. The van der Waals surface area contributed by atoms with Crippen molar-refractivity contribution >= 4 is 33.2 Å². The van der Waals surface area contributed by atoms with Crippen molar-refractivity contribution < 1.29 is 4.74 Å². The van der Waals surface area contributed by atoms with E-state index in [0.29, 0.717) is 0 Å². The smallest absolute Gasteiger partial charge is 0.146 e. The summed E-state index contributed by atoms with van der Waals surface area (Å²) in [6, 6.07) is 4.41. The summed E-state index contributed by atoms with van der Waals surface area (Å²) in [4.78, 5) is 22.4. The monoisotopic (exact) mass is 492 g/mol. The van der Waals surface area contributed by atoms with Gasteiger partial charge in [0.1, 0.15) is 22.3 Å². The molecule has 3 aliphatic rings. The first-order valence-electron chi connectivity index (χ1n) is 13.4. The third kappa shape index (κ3) is 5.29. The van der Waals surface area contributed by atoms with Crippen molar-refractivity contribution in [2.24, 2.45) is 0 Å². The highest BCUT2D eigenvalue weighted by molar-refractivity contribution is 7.19. The first kappa shape index (κ1) is 23.1. The number of hydrogen-bond donors (Lipinski definition) is 1. The second-order valence-corrected chi connectivity index (χ2v) is 11.1. The van der Waals surface area contributed by atoms with E-state index in [9.17, 15) is 0 Å². The van der Waals surface area contributed by atoms with Crippen LogP contribution in [0.2, 0.25) is 0 Å². The van der Waals surface area contributed by atoms with E-state index in [-0.39, 0.29) is 0 Å². The van der Waals surface area contributed by atoms with E-state index < -0.39 is 0 Å². The summed E-state index contributed by atoms with van der Waals surface area (Å²) in [7, 11) is 0. The zero-order chi connectivity index (χ0) is 23.5. The van der Waals surface area contributed by atoms with E-state index in [1.54, 1.807) is 0 Å². The molecule has 8 heteroatoms. The van der Waals surface area contributed by atoms with Crippen LogP contribution in [0.25, 0.3) is 10.2 Å². The second-order valence-electron chi connectivity index (χ2n) is 10.0.